The fourth-order valence-corrected chi connectivity index (χ4v) is 4.22. The van der Waals surface area contributed by atoms with E-state index in [0.717, 1.165) is 33.8 Å². The van der Waals surface area contributed by atoms with Gasteiger partial charge in [0.1, 0.15) is 11.9 Å². The van der Waals surface area contributed by atoms with Crippen molar-refractivity contribution in [1.82, 2.24) is 5.32 Å². The van der Waals surface area contributed by atoms with Crippen molar-refractivity contribution in [1.29, 1.82) is 0 Å². The number of benzene rings is 1. The summed E-state index contributed by atoms with van der Waals surface area (Å²) in [6.07, 6.45) is 1.03. The van der Waals surface area contributed by atoms with Crippen LogP contribution < -0.4 is 10.1 Å². The van der Waals surface area contributed by atoms with Crippen LogP contribution in [0.4, 0.5) is 0 Å². The standard InChI is InChI=1S/C15H15BrClNOS/c1-2-18-12-7-14(15-5-9(16)8-20-15)19-13-4-3-10(17)6-11(12)13/h3-6,8,12,14,18H,2,7H2,1H3. The van der Waals surface area contributed by atoms with Crippen molar-refractivity contribution in [2.24, 2.45) is 0 Å². The Bertz CT molecular complexity index is 616. The predicted octanol–water partition coefficient (Wildman–Crippen LogP) is 5.34. The summed E-state index contributed by atoms with van der Waals surface area (Å²) in [6, 6.07) is 8.28. The molecule has 1 aliphatic rings. The Morgan fingerprint density at radius 2 is 2.30 bits per heavy atom. The van der Waals surface area contributed by atoms with Crippen molar-refractivity contribution in [3.05, 3.63) is 49.6 Å². The second-order valence-corrected chi connectivity index (χ2v) is 7.10. The van der Waals surface area contributed by atoms with Gasteiger partial charge in [0.25, 0.3) is 0 Å². The van der Waals surface area contributed by atoms with Crippen LogP contribution in [0.2, 0.25) is 5.02 Å². The van der Waals surface area contributed by atoms with Crippen LogP contribution in [-0.4, -0.2) is 6.54 Å². The van der Waals surface area contributed by atoms with E-state index in [-0.39, 0.29) is 12.1 Å². The van der Waals surface area contributed by atoms with Gasteiger partial charge in [0.2, 0.25) is 0 Å². The molecule has 0 bridgehead atoms. The second kappa shape index (κ2) is 6.06. The van der Waals surface area contributed by atoms with Crippen LogP contribution in [0.5, 0.6) is 5.75 Å². The Morgan fingerprint density at radius 1 is 1.45 bits per heavy atom. The quantitative estimate of drug-likeness (QED) is 0.785. The van der Waals surface area contributed by atoms with Gasteiger partial charge in [-0.25, -0.2) is 0 Å². The molecule has 2 heterocycles. The van der Waals surface area contributed by atoms with Gasteiger partial charge in [-0.05, 0) is 46.7 Å². The fraction of sp³-hybridized carbons (Fsp3) is 0.333. The average molecular weight is 373 g/mol. The third-order valence-corrected chi connectivity index (χ3v) is 5.44. The summed E-state index contributed by atoms with van der Waals surface area (Å²) in [5, 5.41) is 6.38. The van der Waals surface area contributed by atoms with Crippen molar-refractivity contribution < 1.29 is 4.74 Å². The minimum absolute atomic E-state index is 0.101. The molecule has 3 rings (SSSR count). The molecule has 2 nitrogen and oxygen atoms in total. The molecule has 0 saturated heterocycles. The Labute approximate surface area is 136 Å². The molecule has 0 aliphatic carbocycles. The van der Waals surface area contributed by atoms with Gasteiger partial charge < -0.3 is 10.1 Å². The van der Waals surface area contributed by atoms with Crippen LogP contribution in [-0.2, 0) is 0 Å². The monoisotopic (exact) mass is 371 g/mol. The van der Waals surface area contributed by atoms with Crippen LogP contribution in [0, 0.1) is 0 Å². The zero-order valence-electron chi connectivity index (χ0n) is 11.0. The van der Waals surface area contributed by atoms with Crippen molar-refractivity contribution in [3.63, 3.8) is 0 Å². The Morgan fingerprint density at radius 3 is 3.00 bits per heavy atom. The van der Waals surface area contributed by atoms with Crippen molar-refractivity contribution in [3.8, 4) is 5.75 Å². The molecule has 2 atom stereocenters. The molecule has 0 radical (unpaired) electrons. The van der Waals surface area contributed by atoms with Gasteiger partial charge in [-0.3, -0.25) is 0 Å². The molecule has 1 N–H and O–H groups in total. The molecule has 0 spiro atoms. The summed E-state index contributed by atoms with van der Waals surface area (Å²) >= 11 is 11.3. The molecule has 1 aromatic heterocycles. The van der Waals surface area contributed by atoms with E-state index in [2.05, 4.69) is 39.6 Å². The summed E-state index contributed by atoms with van der Waals surface area (Å²) in [7, 11) is 0. The smallest absolute Gasteiger partial charge is 0.135 e. The van der Waals surface area contributed by atoms with E-state index in [1.165, 1.54) is 4.88 Å². The van der Waals surface area contributed by atoms with Gasteiger partial charge in [-0.1, -0.05) is 18.5 Å². The molecule has 2 unspecified atom stereocenters. The lowest BCUT2D eigenvalue weighted by atomic mass is 9.95. The minimum Gasteiger partial charge on any atom is -0.484 e. The molecule has 1 aromatic carbocycles. The number of fused-ring (bicyclic) bond motifs is 1. The SMILES string of the molecule is CCNC1CC(c2cc(Br)cs2)Oc2ccc(Cl)cc21. The van der Waals surface area contributed by atoms with Crippen LogP contribution in [0.3, 0.4) is 0 Å². The number of ether oxygens (including phenoxy) is 1. The van der Waals surface area contributed by atoms with Crippen molar-refractivity contribution in [2.75, 3.05) is 6.54 Å². The topological polar surface area (TPSA) is 21.3 Å². The minimum atomic E-state index is 0.101. The Kier molecular flexibility index (Phi) is 4.36. The van der Waals surface area contributed by atoms with E-state index in [4.69, 9.17) is 16.3 Å². The van der Waals surface area contributed by atoms with Crippen LogP contribution in [0.1, 0.15) is 35.9 Å². The molecular weight excluding hydrogens is 358 g/mol. The molecule has 0 saturated carbocycles. The molecular formula is C15H15BrClNOS. The van der Waals surface area contributed by atoms with E-state index >= 15 is 0 Å². The first-order chi connectivity index (χ1) is 9.67. The number of hydrogen-bond donors (Lipinski definition) is 1. The first kappa shape index (κ1) is 14.4. The van der Waals surface area contributed by atoms with Gasteiger partial charge >= 0.3 is 0 Å². The highest BCUT2D eigenvalue weighted by Gasteiger charge is 2.29. The first-order valence-corrected chi connectivity index (χ1v) is 8.66. The third kappa shape index (κ3) is 2.89. The predicted molar refractivity (Wildman–Crippen MR) is 87.9 cm³/mol. The van der Waals surface area contributed by atoms with Crippen molar-refractivity contribution in [2.45, 2.75) is 25.5 Å². The summed E-state index contributed by atoms with van der Waals surface area (Å²) in [5.74, 6) is 0.932. The number of halogens is 2. The molecule has 2 aromatic rings. The summed E-state index contributed by atoms with van der Waals surface area (Å²) in [4.78, 5) is 1.25. The zero-order chi connectivity index (χ0) is 14.1. The highest BCUT2D eigenvalue weighted by Crippen LogP contribution is 2.43. The van der Waals surface area contributed by atoms with Gasteiger partial charge in [0.15, 0.2) is 0 Å². The summed E-state index contributed by atoms with van der Waals surface area (Å²) in [5.41, 5.74) is 1.16. The van der Waals surface area contributed by atoms with Crippen LogP contribution in [0.25, 0.3) is 0 Å². The number of thiophene rings is 1. The van der Waals surface area contributed by atoms with E-state index in [1.54, 1.807) is 11.3 Å². The number of rotatable bonds is 3. The third-order valence-electron chi connectivity index (χ3n) is 3.42. The van der Waals surface area contributed by atoms with E-state index < -0.39 is 0 Å². The summed E-state index contributed by atoms with van der Waals surface area (Å²) < 4.78 is 7.27. The molecule has 106 valence electrons. The molecule has 0 amide bonds. The van der Waals surface area contributed by atoms with Crippen LogP contribution >= 0.6 is 38.9 Å². The maximum atomic E-state index is 6.15. The lowest BCUT2D eigenvalue weighted by molar-refractivity contribution is 0.155. The first-order valence-electron chi connectivity index (χ1n) is 6.60. The number of hydrogen-bond acceptors (Lipinski definition) is 3. The maximum absolute atomic E-state index is 6.15. The second-order valence-electron chi connectivity index (χ2n) is 4.80. The lowest BCUT2D eigenvalue weighted by Gasteiger charge is -2.32. The maximum Gasteiger partial charge on any atom is 0.135 e. The Hall–Kier alpha value is -0.550. The summed E-state index contributed by atoms with van der Waals surface area (Å²) in [6.45, 7) is 3.05. The van der Waals surface area contributed by atoms with E-state index in [1.807, 2.05) is 18.2 Å². The van der Waals surface area contributed by atoms with E-state index in [9.17, 15) is 0 Å². The average Bonchev–Trinajstić information content (AvgIpc) is 2.86. The highest BCUT2D eigenvalue weighted by atomic mass is 79.9. The molecule has 20 heavy (non-hydrogen) atoms. The lowest BCUT2D eigenvalue weighted by Crippen LogP contribution is -2.28. The van der Waals surface area contributed by atoms with Crippen LogP contribution in [0.15, 0.2) is 34.1 Å². The molecule has 5 heteroatoms. The largest absolute Gasteiger partial charge is 0.484 e. The Balaban J connectivity index is 1.94. The number of nitrogens with one attached hydrogen (secondary N) is 1. The highest BCUT2D eigenvalue weighted by molar-refractivity contribution is 9.10. The molecule has 1 aliphatic heterocycles. The van der Waals surface area contributed by atoms with Gasteiger partial charge in [0.05, 0.1) is 0 Å². The van der Waals surface area contributed by atoms with E-state index in [0.29, 0.717) is 0 Å². The van der Waals surface area contributed by atoms with Crippen molar-refractivity contribution >= 4 is 38.9 Å². The normalized spacial score (nSPS) is 21.4. The molecule has 0 fully saturated rings. The van der Waals surface area contributed by atoms with Gasteiger partial charge in [-0.15, -0.1) is 11.3 Å². The van der Waals surface area contributed by atoms with Gasteiger partial charge in [-0.2, -0.15) is 0 Å². The van der Waals surface area contributed by atoms with Gasteiger partial charge in [0, 0.05) is 37.8 Å². The fourth-order valence-electron chi connectivity index (χ4n) is 2.55. The zero-order valence-corrected chi connectivity index (χ0v) is 14.2.